The molecule has 0 aliphatic heterocycles. The molecule has 1 rings (SSSR count). The number of alkyl carbamates (subject to hydrolysis) is 1. The maximum Gasteiger partial charge on any atom is 0.408 e. The van der Waals surface area contributed by atoms with Gasteiger partial charge in [0.05, 0.1) is 7.11 Å². The number of hydrogen-bond acceptors (Lipinski definition) is 4. The maximum atomic E-state index is 12.3. The molecule has 1 N–H and O–H groups in total. The molecule has 0 aliphatic rings. The number of ether oxygens (including phenoxy) is 2. The van der Waals surface area contributed by atoms with Gasteiger partial charge in [0.25, 0.3) is 0 Å². The molecule has 0 spiro atoms. The number of amides is 1. The van der Waals surface area contributed by atoms with Crippen LogP contribution in [0, 0.1) is 0 Å². The minimum atomic E-state index is -1.25. The molecule has 118 valence electrons. The van der Waals surface area contributed by atoms with E-state index < -0.39 is 17.6 Å². The summed E-state index contributed by atoms with van der Waals surface area (Å²) in [4.78, 5) is 24.2. The largest absolute Gasteiger partial charge is 0.467 e. The number of carbonyl (C=O) groups is 2. The minimum absolute atomic E-state index is 0.0580. The lowest BCUT2D eigenvalue weighted by atomic mass is 9.87. The molecule has 0 heterocycles. The Kier molecular flexibility index (Phi) is 6.89. The summed E-state index contributed by atoms with van der Waals surface area (Å²) in [5, 5.41) is 2.61. The molecule has 0 bridgehead atoms. The molecule has 0 saturated heterocycles. The van der Waals surface area contributed by atoms with Gasteiger partial charge in [0.1, 0.15) is 12.1 Å². The van der Waals surface area contributed by atoms with Gasteiger partial charge in [0.15, 0.2) is 0 Å². The molecule has 0 saturated carbocycles. The van der Waals surface area contributed by atoms with Gasteiger partial charge in [-0.3, -0.25) is 0 Å². The highest BCUT2D eigenvalue weighted by molar-refractivity contribution is 5.86. The number of nitrogens with one attached hydrogen (secondary N) is 1. The van der Waals surface area contributed by atoms with Crippen LogP contribution in [0.5, 0.6) is 0 Å². The van der Waals surface area contributed by atoms with Crippen LogP contribution in [-0.4, -0.2) is 31.3 Å². The zero-order valence-corrected chi connectivity index (χ0v) is 12.7. The van der Waals surface area contributed by atoms with Gasteiger partial charge in [-0.15, -0.1) is 6.58 Å². The van der Waals surface area contributed by atoms with Crippen LogP contribution in [-0.2, 0) is 20.7 Å². The Labute approximate surface area is 130 Å². The van der Waals surface area contributed by atoms with Gasteiger partial charge in [-0.2, -0.15) is 0 Å². The van der Waals surface area contributed by atoms with Crippen LogP contribution in [0.4, 0.5) is 4.79 Å². The van der Waals surface area contributed by atoms with E-state index in [0.29, 0.717) is 0 Å². The number of rotatable bonds is 8. The Bertz CT molecular complexity index is 527. The van der Waals surface area contributed by atoms with E-state index in [2.05, 4.69) is 18.5 Å². The lowest BCUT2D eigenvalue weighted by Gasteiger charge is -2.30. The van der Waals surface area contributed by atoms with Crippen LogP contribution in [0.3, 0.4) is 0 Å². The predicted octanol–water partition coefficient (Wildman–Crippen LogP) is 2.63. The zero-order valence-electron chi connectivity index (χ0n) is 12.7. The third-order valence-electron chi connectivity index (χ3n) is 3.09. The van der Waals surface area contributed by atoms with Gasteiger partial charge >= 0.3 is 12.1 Å². The average Bonchev–Trinajstić information content (AvgIpc) is 2.53. The molecule has 1 atom stereocenters. The number of methoxy groups -OCH3 is 1. The van der Waals surface area contributed by atoms with Gasteiger partial charge in [-0.1, -0.05) is 49.1 Å². The number of benzene rings is 1. The third kappa shape index (κ3) is 4.77. The Hall–Kier alpha value is -2.56. The summed E-state index contributed by atoms with van der Waals surface area (Å²) in [5.74, 6) is -0.549. The quantitative estimate of drug-likeness (QED) is 0.592. The van der Waals surface area contributed by atoms with Gasteiger partial charge in [-0.25, -0.2) is 9.59 Å². The highest BCUT2D eigenvalue weighted by atomic mass is 16.6. The second-order valence-corrected chi connectivity index (χ2v) is 4.74. The standard InChI is InChI=1S/C17H21NO4/c1-4-11-17(15(19)21-3,18-16(20)22-12-5-2)13-14-9-7-6-8-10-14/h4-10H,1-2,11-13H2,3H3,(H,18,20)/t17-/m0/s1. The van der Waals surface area contributed by atoms with Crippen LogP contribution < -0.4 is 5.32 Å². The minimum Gasteiger partial charge on any atom is -0.467 e. The summed E-state index contributed by atoms with van der Waals surface area (Å²) >= 11 is 0. The Morgan fingerprint density at radius 3 is 2.45 bits per heavy atom. The smallest absolute Gasteiger partial charge is 0.408 e. The van der Waals surface area contributed by atoms with E-state index in [1.54, 1.807) is 6.08 Å². The number of hydrogen-bond donors (Lipinski definition) is 1. The number of carbonyl (C=O) groups excluding carboxylic acids is 2. The summed E-state index contributed by atoms with van der Waals surface area (Å²) in [5.41, 5.74) is -0.366. The van der Waals surface area contributed by atoms with Crippen molar-refractivity contribution in [1.29, 1.82) is 0 Å². The van der Waals surface area contributed by atoms with Gasteiger partial charge in [-0.05, 0) is 12.0 Å². The van der Waals surface area contributed by atoms with Crippen LogP contribution >= 0.6 is 0 Å². The van der Waals surface area contributed by atoms with Crippen LogP contribution in [0.2, 0.25) is 0 Å². The predicted molar refractivity (Wildman–Crippen MR) is 84.4 cm³/mol. The summed E-state index contributed by atoms with van der Waals surface area (Å²) in [6, 6.07) is 9.35. The highest BCUT2D eigenvalue weighted by Crippen LogP contribution is 2.20. The van der Waals surface area contributed by atoms with Crippen molar-refractivity contribution in [1.82, 2.24) is 5.32 Å². The SMILES string of the molecule is C=CCOC(=O)N[C@@](CC=C)(Cc1ccccc1)C(=O)OC. The van der Waals surface area contributed by atoms with Crippen molar-refractivity contribution in [2.24, 2.45) is 0 Å². The van der Waals surface area contributed by atoms with Crippen molar-refractivity contribution in [3.8, 4) is 0 Å². The molecule has 5 heteroatoms. The van der Waals surface area contributed by atoms with Crippen molar-refractivity contribution >= 4 is 12.1 Å². The first kappa shape index (κ1) is 17.5. The lowest BCUT2D eigenvalue weighted by molar-refractivity contribution is -0.148. The topological polar surface area (TPSA) is 64.6 Å². The molecule has 5 nitrogen and oxygen atoms in total. The van der Waals surface area contributed by atoms with Gasteiger partial charge in [0, 0.05) is 6.42 Å². The first-order valence-electron chi connectivity index (χ1n) is 6.87. The highest BCUT2D eigenvalue weighted by Gasteiger charge is 2.40. The second-order valence-electron chi connectivity index (χ2n) is 4.74. The van der Waals surface area contributed by atoms with E-state index in [0.717, 1.165) is 5.56 Å². The average molecular weight is 303 g/mol. The fraction of sp³-hybridized carbons (Fsp3) is 0.294. The van der Waals surface area contributed by atoms with E-state index >= 15 is 0 Å². The van der Waals surface area contributed by atoms with Gasteiger partial charge < -0.3 is 14.8 Å². The third-order valence-corrected chi connectivity index (χ3v) is 3.09. The Morgan fingerprint density at radius 2 is 1.91 bits per heavy atom. The van der Waals surface area contributed by atoms with Gasteiger partial charge in [0.2, 0.25) is 0 Å². The van der Waals surface area contributed by atoms with Crippen LogP contribution in [0.1, 0.15) is 12.0 Å². The van der Waals surface area contributed by atoms with E-state index in [1.807, 2.05) is 30.3 Å². The van der Waals surface area contributed by atoms with Crippen molar-refractivity contribution in [3.63, 3.8) is 0 Å². The molecule has 1 amide bonds. The molecule has 0 aliphatic carbocycles. The molecular formula is C17H21NO4. The second kappa shape index (κ2) is 8.67. The van der Waals surface area contributed by atoms with E-state index in [9.17, 15) is 9.59 Å². The molecule has 0 unspecified atom stereocenters. The first-order chi connectivity index (χ1) is 10.6. The zero-order chi connectivity index (χ0) is 16.4. The van der Waals surface area contributed by atoms with Crippen molar-refractivity contribution in [3.05, 3.63) is 61.2 Å². The maximum absolute atomic E-state index is 12.3. The molecule has 22 heavy (non-hydrogen) atoms. The van der Waals surface area contributed by atoms with Crippen LogP contribution in [0.15, 0.2) is 55.6 Å². The summed E-state index contributed by atoms with van der Waals surface area (Å²) in [7, 11) is 1.28. The van der Waals surface area contributed by atoms with Crippen molar-refractivity contribution in [2.45, 2.75) is 18.4 Å². The molecule has 0 fully saturated rings. The molecule has 0 radical (unpaired) electrons. The summed E-state index contributed by atoms with van der Waals surface area (Å²) in [6.07, 6.45) is 2.80. The van der Waals surface area contributed by atoms with E-state index in [4.69, 9.17) is 9.47 Å². The van der Waals surface area contributed by atoms with E-state index in [1.165, 1.54) is 13.2 Å². The Balaban J connectivity index is 3.04. The molecular weight excluding hydrogens is 282 g/mol. The first-order valence-corrected chi connectivity index (χ1v) is 6.87. The monoisotopic (exact) mass is 303 g/mol. The van der Waals surface area contributed by atoms with Crippen LogP contribution in [0.25, 0.3) is 0 Å². The fourth-order valence-corrected chi connectivity index (χ4v) is 2.13. The summed E-state index contributed by atoms with van der Waals surface area (Å²) in [6.45, 7) is 7.19. The molecule has 1 aromatic carbocycles. The van der Waals surface area contributed by atoms with Crippen molar-refractivity contribution in [2.75, 3.05) is 13.7 Å². The Morgan fingerprint density at radius 1 is 1.23 bits per heavy atom. The van der Waals surface area contributed by atoms with E-state index in [-0.39, 0.29) is 19.4 Å². The lowest BCUT2D eigenvalue weighted by Crippen LogP contribution is -2.56. The fourth-order valence-electron chi connectivity index (χ4n) is 2.13. The summed E-state index contributed by atoms with van der Waals surface area (Å²) < 4.78 is 9.78. The number of esters is 1. The molecule has 0 aromatic heterocycles. The molecule has 1 aromatic rings. The normalized spacial score (nSPS) is 12.6. The van der Waals surface area contributed by atoms with Crippen molar-refractivity contribution < 1.29 is 19.1 Å².